The van der Waals surface area contributed by atoms with Crippen LogP contribution in [0.5, 0.6) is 11.5 Å². The van der Waals surface area contributed by atoms with Gasteiger partial charge in [0.05, 0.1) is 42.4 Å². The van der Waals surface area contributed by atoms with Crippen molar-refractivity contribution in [1.29, 1.82) is 0 Å². The highest BCUT2D eigenvalue weighted by Crippen LogP contribution is 2.41. The van der Waals surface area contributed by atoms with E-state index in [9.17, 15) is 44.4 Å². The number of thioether (sulfide) groups is 1. The van der Waals surface area contributed by atoms with Crippen LogP contribution in [0.4, 0.5) is 5.13 Å². The van der Waals surface area contributed by atoms with Gasteiger partial charge in [-0.2, -0.15) is 0 Å². The number of aliphatic carboxylic acids is 2. The lowest BCUT2D eigenvalue weighted by Crippen LogP contribution is -2.71. The molecule has 2 aromatic rings. The third-order valence-electron chi connectivity index (χ3n) is 8.07. The number of quaternary nitrogens is 1. The summed E-state index contributed by atoms with van der Waals surface area (Å²) in [5.41, 5.74) is 5.27. The number of thiazole rings is 1. The van der Waals surface area contributed by atoms with E-state index in [1.807, 2.05) is 7.05 Å². The maximum absolute atomic E-state index is 13.4. The molecule has 0 spiro atoms. The van der Waals surface area contributed by atoms with Crippen LogP contribution in [-0.4, -0.2) is 122 Å². The topological polar surface area (TPSA) is 257 Å². The van der Waals surface area contributed by atoms with Crippen LogP contribution in [-0.2, 0) is 24.0 Å². The number of nitrogen functional groups attached to an aromatic ring is 1. The first-order valence-electron chi connectivity index (χ1n) is 14.4. The van der Waals surface area contributed by atoms with Crippen LogP contribution in [0.2, 0.25) is 5.02 Å². The van der Waals surface area contributed by atoms with E-state index in [0.717, 1.165) is 54.3 Å². The molecule has 0 aliphatic carbocycles. The van der Waals surface area contributed by atoms with Gasteiger partial charge in [-0.1, -0.05) is 16.8 Å². The molecule has 0 saturated carbocycles. The number of hydrogen-bond acceptors (Lipinski definition) is 14. The summed E-state index contributed by atoms with van der Waals surface area (Å²) in [5.74, 6) is -6.70. The number of aromatic hydroxyl groups is 2. The number of benzene rings is 1. The predicted molar refractivity (Wildman–Crippen MR) is 170 cm³/mol. The first-order chi connectivity index (χ1) is 22.7. The van der Waals surface area contributed by atoms with Crippen LogP contribution in [0.25, 0.3) is 0 Å². The number of rotatable bonds is 12. The minimum absolute atomic E-state index is 0.0580. The average Bonchev–Trinajstić information content (AvgIpc) is 3.67. The zero-order chi connectivity index (χ0) is 34.9. The molecule has 17 nitrogen and oxygen atoms in total. The first kappa shape index (κ1) is 34.7. The summed E-state index contributed by atoms with van der Waals surface area (Å²) in [4.78, 5) is 73.7. The number of nitrogens with one attached hydrogen (secondary N) is 2. The van der Waals surface area contributed by atoms with Gasteiger partial charge in [-0.3, -0.25) is 19.3 Å². The van der Waals surface area contributed by atoms with Crippen molar-refractivity contribution in [2.75, 3.05) is 44.8 Å². The van der Waals surface area contributed by atoms with Gasteiger partial charge in [0.1, 0.15) is 30.3 Å². The van der Waals surface area contributed by atoms with E-state index < -0.39 is 76.0 Å². The molecule has 3 amide bonds. The number of likely N-dealkylation sites (N-methyl/N-ethyl adjacent to an activating group) is 1. The number of nitrogens with two attached hydrogens (primary N) is 1. The van der Waals surface area contributed by atoms with Crippen molar-refractivity contribution in [2.45, 2.75) is 30.3 Å². The van der Waals surface area contributed by atoms with Gasteiger partial charge in [-0.25, -0.2) is 9.78 Å². The third-order valence-corrected chi connectivity index (χ3v) is 10.5. The molecule has 4 heterocycles. The average molecular weight is 724 g/mol. The minimum Gasteiger partial charge on any atom is -0.543 e. The maximum atomic E-state index is 13.4. The Morgan fingerprint density at radius 2 is 1.98 bits per heavy atom. The highest BCUT2D eigenvalue weighted by Gasteiger charge is 2.53. The second-order valence-electron chi connectivity index (χ2n) is 11.5. The molecular formula is C28H30ClN7O10S2. The maximum Gasteiger partial charge on any atom is 0.329 e. The number of halogens is 1. The molecule has 256 valence electrons. The van der Waals surface area contributed by atoms with Gasteiger partial charge in [0, 0.05) is 29.5 Å². The quantitative estimate of drug-likeness (QED) is 0.0508. The molecule has 3 atom stereocenters. The van der Waals surface area contributed by atoms with Gasteiger partial charge in [0.25, 0.3) is 17.7 Å². The summed E-state index contributed by atoms with van der Waals surface area (Å²) in [5, 5.41) is 49.8. The number of amides is 3. The third kappa shape index (κ3) is 6.98. The molecular weight excluding hydrogens is 694 g/mol. The first-order valence-corrected chi connectivity index (χ1v) is 16.7. The van der Waals surface area contributed by atoms with Crippen LogP contribution >= 0.6 is 34.7 Å². The van der Waals surface area contributed by atoms with Crippen molar-refractivity contribution in [3.05, 3.63) is 45.1 Å². The fourth-order valence-electron chi connectivity index (χ4n) is 5.64. The Balaban J connectivity index is 1.29. The lowest BCUT2D eigenvalue weighted by atomic mass is 10.0. The molecule has 48 heavy (non-hydrogen) atoms. The highest BCUT2D eigenvalue weighted by molar-refractivity contribution is 8.00. The Labute approximate surface area is 285 Å². The molecule has 20 heteroatoms. The number of nitrogens with zero attached hydrogens (tertiary/aromatic N) is 4. The van der Waals surface area contributed by atoms with Crippen molar-refractivity contribution in [3.8, 4) is 11.5 Å². The van der Waals surface area contributed by atoms with E-state index in [2.05, 4.69) is 20.8 Å². The number of carboxylic acids is 2. The standard InChI is InChI=1S/C28H30ClN7O10S2/c1-36(6-2-3-7-36)8-12-10-47-25-19(24(41)35(25)20(12)27(44)45)33-23(40)18(15-11-48-28(30)32-15)34-46-9-14(26(42)43)31-22(39)13-4-5-16(37)21(38)17(13)29/h4-5,11,14,19,25H,2-3,6-10H2,1H3,(H7-,30,31,32,33,34,37,38,39,40,42,43,44,45)/t14-,19+,25+/m0/s1. The van der Waals surface area contributed by atoms with Gasteiger partial charge < -0.3 is 50.9 Å². The number of phenolic OH excluding ortho intramolecular Hbond substituents is 2. The Bertz CT molecular complexity index is 1740. The summed E-state index contributed by atoms with van der Waals surface area (Å²) in [6.45, 7) is 1.46. The molecule has 0 unspecified atom stereocenters. The molecule has 3 aliphatic heterocycles. The highest BCUT2D eigenvalue weighted by atomic mass is 35.5. The Kier molecular flexibility index (Phi) is 10.0. The van der Waals surface area contributed by atoms with E-state index in [-0.39, 0.29) is 22.1 Å². The number of β-lactam (4-membered cyclic amide) rings is 1. The van der Waals surface area contributed by atoms with E-state index in [1.54, 1.807) is 0 Å². The van der Waals surface area contributed by atoms with E-state index in [4.69, 9.17) is 22.2 Å². The van der Waals surface area contributed by atoms with Crippen molar-refractivity contribution >= 4 is 75.2 Å². The summed E-state index contributed by atoms with van der Waals surface area (Å²) in [6, 6.07) is -0.810. The van der Waals surface area contributed by atoms with Crippen molar-refractivity contribution in [2.24, 2.45) is 5.16 Å². The van der Waals surface area contributed by atoms with Gasteiger partial charge in [0.2, 0.25) is 0 Å². The fourth-order valence-corrected chi connectivity index (χ4v) is 7.77. The monoisotopic (exact) mass is 723 g/mol. The van der Waals surface area contributed by atoms with Crippen molar-refractivity contribution in [3.63, 3.8) is 0 Å². The second-order valence-corrected chi connectivity index (χ2v) is 13.9. The van der Waals surface area contributed by atoms with Crippen LogP contribution in [0.15, 0.2) is 33.9 Å². The normalized spacial score (nSPS) is 20.8. The largest absolute Gasteiger partial charge is 0.543 e. The number of likely N-dealkylation sites (tertiary alicyclic amines) is 1. The second kappa shape index (κ2) is 13.9. The van der Waals surface area contributed by atoms with Gasteiger partial charge in [-0.05, 0) is 12.1 Å². The van der Waals surface area contributed by atoms with Crippen LogP contribution in [0, 0.1) is 0 Å². The van der Waals surface area contributed by atoms with Gasteiger partial charge >= 0.3 is 5.97 Å². The molecule has 2 fully saturated rings. The van der Waals surface area contributed by atoms with Gasteiger partial charge in [0.15, 0.2) is 28.4 Å². The molecule has 2 saturated heterocycles. The lowest BCUT2D eigenvalue weighted by molar-refractivity contribution is -0.893. The smallest absolute Gasteiger partial charge is 0.329 e. The fraction of sp³-hybridized carbons (Fsp3) is 0.393. The Morgan fingerprint density at radius 1 is 1.27 bits per heavy atom. The molecule has 0 radical (unpaired) electrons. The van der Waals surface area contributed by atoms with Gasteiger partial charge in [-0.15, -0.1) is 23.1 Å². The molecule has 1 aromatic heterocycles. The SMILES string of the molecule is C[N+]1(CC2=C(C(=O)[O-])N3C(=O)[C@@H](NC(=O)/C(=N\OC[C@H](NC(=O)c4ccc(O)c(O)c4Cl)C(=O)O)c4csc(N)n4)[C@H]3SC2)CCCC1. The number of aromatic nitrogens is 1. The van der Waals surface area contributed by atoms with Crippen LogP contribution in [0.3, 0.4) is 0 Å². The minimum atomic E-state index is -1.73. The van der Waals surface area contributed by atoms with E-state index in [0.29, 0.717) is 22.4 Å². The number of oxime groups is 1. The van der Waals surface area contributed by atoms with Crippen molar-refractivity contribution in [1.82, 2.24) is 20.5 Å². The summed E-state index contributed by atoms with van der Waals surface area (Å²) >= 11 is 8.16. The number of anilines is 1. The number of fused-ring (bicyclic) bond motifs is 1. The number of phenols is 2. The zero-order valence-corrected chi connectivity index (χ0v) is 27.6. The molecule has 7 N–H and O–H groups in total. The Hall–Kier alpha value is -4.59. The van der Waals surface area contributed by atoms with E-state index in [1.165, 1.54) is 17.1 Å². The van der Waals surface area contributed by atoms with Crippen LogP contribution in [0.1, 0.15) is 28.9 Å². The molecule has 5 rings (SSSR count). The number of carboxylic acid groups (broad SMARTS) is 2. The summed E-state index contributed by atoms with van der Waals surface area (Å²) in [7, 11) is 2.04. The zero-order valence-electron chi connectivity index (χ0n) is 25.2. The lowest BCUT2D eigenvalue weighted by Gasteiger charge is -2.51. The number of carbonyl (C=O) groups excluding carboxylic acids is 4. The molecule has 1 aromatic carbocycles. The Morgan fingerprint density at radius 3 is 2.60 bits per heavy atom. The van der Waals surface area contributed by atoms with Crippen molar-refractivity contribution < 1.29 is 53.7 Å². The molecule has 3 aliphatic rings. The van der Waals surface area contributed by atoms with E-state index >= 15 is 0 Å². The number of carbonyl (C=O) groups is 5. The molecule has 0 bridgehead atoms. The predicted octanol–water partition coefficient (Wildman–Crippen LogP) is -0.962. The summed E-state index contributed by atoms with van der Waals surface area (Å²) < 4.78 is 0.663. The summed E-state index contributed by atoms with van der Waals surface area (Å²) in [6.07, 6.45) is 2.06. The number of hydrogen-bond donors (Lipinski definition) is 6. The van der Waals surface area contributed by atoms with Crippen LogP contribution < -0.4 is 21.5 Å².